The predicted octanol–water partition coefficient (Wildman–Crippen LogP) is 2.27. The lowest BCUT2D eigenvalue weighted by molar-refractivity contribution is -0.131. The van der Waals surface area contributed by atoms with Crippen LogP contribution in [0, 0.1) is 0 Å². The molecule has 1 rings (SSSR count). The molecular formula is C12H14O3. The minimum atomic E-state index is -0.916. The largest absolute Gasteiger partial charge is 0.494 e. The molecule has 0 spiro atoms. The summed E-state index contributed by atoms with van der Waals surface area (Å²) in [4.78, 5) is 10.2. The summed E-state index contributed by atoms with van der Waals surface area (Å²) in [7, 11) is 0. The number of carbonyl (C=O) groups is 1. The van der Waals surface area contributed by atoms with Gasteiger partial charge in [-0.2, -0.15) is 0 Å². The summed E-state index contributed by atoms with van der Waals surface area (Å²) in [5.41, 5.74) is 1.07. The monoisotopic (exact) mass is 206 g/mol. The van der Waals surface area contributed by atoms with Crippen molar-refractivity contribution in [3.63, 3.8) is 0 Å². The van der Waals surface area contributed by atoms with Crippen molar-refractivity contribution in [2.45, 2.75) is 13.3 Å². The molecule has 0 heterocycles. The van der Waals surface area contributed by atoms with Crippen molar-refractivity contribution >= 4 is 5.97 Å². The fourth-order valence-corrected chi connectivity index (χ4v) is 1.18. The number of aliphatic carboxylic acids is 1. The molecule has 0 aliphatic carbocycles. The van der Waals surface area contributed by atoms with E-state index in [0.717, 1.165) is 17.4 Å². The number of benzene rings is 1. The van der Waals surface area contributed by atoms with Gasteiger partial charge in [0, 0.05) is 6.08 Å². The summed E-state index contributed by atoms with van der Waals surface area (Å²) in [5.74, 6) is -0.0793. The van der Waals surface area contributed by atoms with Crippen LogP contribution >= 0.6 is 0 Å². The van der Waals surface area contributed by atoms with Crippen molar-refractivity contribution < 1.29 is 14.6 Å². The predicted molar refractivity (Wildman–Crippen MR) is 58.1 cm³/mol. The van der Waals surface area contributed by atoms with Crippen molar-refractivity contribution in [2.75, 3.05) is 6.61 Å². The van der Waals surface area contributed by atoms with Gasteiger partial charge in [0.05, 0.1) is 6.61 Å². The highest BCUT2D eigenvalue weighted by molar-refractivity contribution is 5.79. The summed E-state index contributed by atoms with van der Waals surface area (Å²) in [5, 5.41) is 8.40. The van der Waals surface area contributed by atoms with Crippen molar-refractivity contribution in [3.8, 4) is 5.75 Å². The number of ether oxygens (including phenoxy) is 1. The third kappa shape index (κ3) is 4.31. The quantitative estimate of drug-likeness (QED) is 0.752. The van der Waals surface area contributed by atoms with E-state index >= 15 is 0 Å². The van der Waals surface area contributed by atoms with E-state index in [2.05, 4.69) is 0 Å². The second-order valence-electron chi connectivity index (χ2n) is 3.02. The first-order chi connectivity index (χ1) is 7.22. The Labute approximate surface area is 89.0 Å². The maximum Gasteiger partial charge on any atom is 0.327 e. The highest BCUT2D eigenvalue weighted by Crippen LogP contribution is 2.12. The number of rotatable bonds is 5. The van der Waals surface area contributed by atoms with Gasteiger partial charge in [-0.05, 0) is 31.0 Å². The van der Waals surface area contributed by atoms with E-state index in [0.29, 0.717) is 13.0 Å². The van der Waals surface area contributed by atoms with E-state index in [4.69, 9.17) is 9.84 Å². The Morgan fingerprint density at radius 2 is 2.07 bits per heavy atom. The van der Waals surface area contributed by atoms with Crippen LogP contribution in [0.3, 0.4) is 0 Å². The molecule has 15 heavy (non-hydrogen) atoms. The van der Waals surface area contributed by atoms with Crippen LogP contribution in [-0.4, -0.2) is 17.7 Å². The zero-order chi connectivity index (χ0) is 11.1. The average Bonchev–Trinajstić information content (AvgIpc) is 2.20. The molecule has 0 aliphatic heterocycles. The number of allylic oxidation sites excluding steroid dienone is 1. The first-order valence-electron chi connectivity index (χ1n) is 4.83. The minimum absolute atomic E-state index is 0.624. The van der Waals surface area contributed by atoms with Gasteiger partial charge in [-0.1, -0.05) is 18.2 Å². The van der Waals surface area contributed by atoms with Gasteiger partial charge in [0.1, 0.15) is 5.75 Å². The Bertz CT molecular complexity index is 338. The summed E-state index contributed by atoms with van der Waals surface area (Å²) < 4.78 is 5.29. The van der Waals surface area contributed by atoms with Gasteiger partial charge in [-0.25, -0.2) is 4.79 Å². The number of hydrogen-bond donors (Lipinski definition) is 1. The van der Waals surface area contributed by atoms with Crippen LogP contribution in [0.1, 0.15) is 12.5 Å². The molecule has 0 saturated carbocycles. The molecule has 0 atom stereocenters. The van der Waals surface area contributed by atoms with Crippen LogP contribution in [0.4, 0.5) is 0 Å². The molecule has 1 aromatic carbocycles. The summed E-state index contributed by atoms with van der Waals surface area (Å²) in [6.45, 7) is 2.59. The first-order valence-corrected chi connectivity index (χ1v) is 4.83. The molecule has 1 aromatic rings. The van der Waals surface area contributed by atoms with Gasteiger partial charge >= 0.3 is 5.97 Å². The fraction of sp³-hybridized carbons (Fsp3) is 0.250. The molecular weight excluding hydrogens is 192 g/mol. The highest BCUT2D eigenvalue weighted by Gasteiger charge is 1.93. The number of hydrogen-bond acceptors (Lipinski definition) is 2. The number of carboxylic acids is 1. The van der Waals surface area contributed by atoms with Gasteiger partial charge in [-0.15, -0.1) is 0 Å². The molecule has 3 nitrogen and oxygen atoms in total. The van der Waals surface area contributed by atoms with Crippen LogP contribution in [0.25, 0.3) is 0 Å². The van der Waals surface area contributed by atoms with Gasteiger partial charge in [0.15, 0.2) is 0 Å². The molecule has 0 radical (unpaired) electrons. The van der Waals surface area contributed by atoms with Crippen LogP contribution in [-0.2, 0) is 11.2 Å². The zero-order valence-electron chi connectivity index (χ0n) is 8.64. The maximum atomic E-state index is 10.2. The first kappa shape index (κ1) is 11.3. The van der Waals surface area contributed by atoms with E-state index < -0.39 is 5.97 Å². The Morgan fingerprint density at radius 1 is 1.40 bits per heavy atom. The van der Waals surface area contributed by atoms with Crippen molar-refractivity contribution in [1.29, 1.82) is 0 Å². The zero-order valence-corrected chi connectivity index (χ0v) is 8.64. The van der Waals surface area contributed by atoms with Crippen molar-refractivity contribution in [2.24, 2.45) is 0 Å². The normalized spacial score (nSPS) is 10.5. The molecule has 0 unspecified atom stereocenters. The number of carboxylic acid groups (broad SMARTS) is 1. The molecule has 0 aliphatic rings. The Kier molecular flexibility index (Phi) is 4.41. The van der Waals surface area contributed by atoms with Gasteiger partial charge in [0.25, 0.3) is 0 Å². The lowest BCUT2D eigenvalue weighted by Crippen LogP contribution is -1.91. The topological polar surface area (TPSA) is 46.5 Å². The van der Waals surface area contributed by atoms with E-state index in [9.17, 15) is 4.79 Å². The Morgan fingerprint density at radius 3 is 2.60 bits per heavy atom. The average molecular weight is 206 g/mol. The maximum absolute atomic E-state index is 10.2. The minimum Gasteiger partial charge on any atom is -0.494 e. The molecule has 3 heteroatoms. The van der Waals surface area contributed by atoms with E-state index in [1.54, 1.807) is 6.08 Å². The van der Waals surface area contributed by atoms with Crippen LogP contribution < -0.4 is 4.74 Å². The molecule has 80 valence electrons. The van der Waals surface area contributed by atoms with Crippen molar-refractivity contribution in [1.82, 2.24) is 0 Å². The standard InChI is InChI=1S/C12H14O3/c1-2-15-11-8-6-10(7-9-11)4-3-5-12(13)14/h3,5-9H,2,4H2,1H3,(H,13,14). The summed E-state index contributed by atoms with van der Waals surface area (Å²) in [6, 6.07) is 7.62. The van der Waals surface area contributed by atoms with Crippen LogP contribution in [0.5, 0.6) is 5.75 Å². The fourth-order valence-electron chi connectivity index (χ4n) is 1.18. The SMILES string of the molecule is CCOc1ccc(CC=CC(=O)O)cc1. The van der Waals surface area contributed by atoms with E-state index in [1.807, 2.05) is 31.2 Å². The van der Waals surface area contributed by atoms with E-state index in [1.165, 1.54) is 0 Å². The Hall–Kier alpha value is -1.77. The van der Waals surface area contributed by atoms with Crippen LogP contribution in [0.15, 0.2) is 36.4 Å². The second kappa shape index (κ2) is 5.86. The highest BCUT2D eigenvalue weighted by atomic mass is 16.5. The summed E-state index contributed by atoms with van der Waals surface area (Å²) >= 11 is 0. The van der Waals surface area contributed by atoms with Crippen LogP contribution in [0.2, 0.25) is 0 Å². The van der Waals surface area contributed by atoms with Crippen molar-refractivity contribution in [3.05, 3.63) is 42.0 Å². The molecule has 0 amide bonds. The molecule has 0 aromatic heterocycles. The van der Waals surface area contributed by atoms with Gasteiger partial charge in [0.2, 0.25) is 0 Å². The smallest absolute Gasteiger partial charge is 0.327 e. The molecule has 0 saturated heterocycles. The second-order valence-corrected chi connectivity index (χ2v) is 3.02. The lowest BCUT2D eigenvalue weighted by atomic mass is 10.1. The molecule has 0 fully saturated rings. The molecule has 1 N–H and O–H groups in total. The summed E-state index contributed by atoms with van der Waals surface area (Å²) in [6.07, 6.45) is 3.40. The molecule has 0 bridgehead atoms. The van der Waals surface area contributed by atoms with Gasteiger partial charge < -0.3 is 9.84 Å². The third-order valence-corrected chi connectivity index (χ3v) is 1.85. The van der Waals surface area contributed by atoms with E-state index in [-0.39, 0.29) is 0 Å². The third-order valence-electron chi connectivity index (χ3n) is 1.85. The van der Waals surface area contributed by atoms with Gasteiger partial charge in [-0.3, -0.25) is 0 Å². The lowest BCUT2D eigenvalue weighted by Gasteiger charge is -2.02. The Balaban J connectivity index is 2.53.